The van der Waals surface area contributed by atoms with Gasteiger partial charge in [0.1, 0.15) is 0 Å². The first kappa shape index (κ1) is 17.2. The van der Waals surface area contributed by atoms with Gasteiger partial charge in [0.2, 0.25) is 0 Å². The van der Waals surface area contributed by atoms with Gasteiger partial charge >= 0.3 is 0 Å². The lowest BCUT2D eigenvalue weighted by Crippen LogP contribution is -2.18. The Bertz CT molecular complexity index is 806. The van der Waals surface area contributed by atoms with E-state index in [0.717, 1.165) is 6.07 Å². The largest absolute Gasteiger partial charge is 0.504 e. The monoisotopic (exact) mass is 346 g/mol. The molecule has 2 aromatic carbocycles. The number of aliphatic imine (C=N–C) groups is 1. The van der Waals surface area contributed by atoms with Crippen molar-refractivity contribution in [3.05, 3.63) is 52.1 Å². The third-order valence-electron chi connectivity index (χ3n) is 3.01. The number of nitro benzene ring substituents is 1. The number of anilines is 1. The van der Waals surface area contributed by atoms with Gasteiger partial charge in [0.05, 0.1) is 23.8 Å². The molecule has 0 aliphatic heterocycles. The summed E-state index contributed by atoms with van der Waals surface area (Å²) in [5.41, 5.74) is 6.63. The van der Waals surface area contributed by atoms with E-state index in [-0.39, 0.29) is 27.9 Å². The lowest BCUT2D eigenvalue weighted by atomic mass is 10.1. The zero-order valence-corrected chi connectivity index (χ0v) is 13.4. The molecule has 0 fully saturated rings. The lowest BCUT2D eigenvalue weighted by Gasteiger charge is -2.06. The second kappa shape index (κ2) is 7.38. The lowest BCUT2D eigenvalue weighted by molar-refractivity contribution is -0.385. The highest BCUT2D eigenvalue weighted by Gasteiger charge is 2.15. The van der Waals surface area contributed by atoms with E-state index < -0.39 is 4.92 Å². The fourth-order valence-corrected chi connectivity index (χ4v) is 2.01. The van der Waals surface area contributed by atoms with E-state index >= 15 is 0 Å². The minimum Gasteiger partial charge on any atom is -0.504 e. The Labute approximate surface area is 142 Å². The van der Waals surface area contributed by atoms with E-state index in [1.54, 1.807) is 24.3 Å². The smallest absolute Gasteiger partial charge is 0.274 e. The highest BCUT2D eigenvalue weighted by Crippen LogP contribution is 2.33. The molecule has 8 nitrogen and oxygen atoms in total. The Morgan fingerprint density at radius 2 is 2.08 bits per heavy atom. The number of hydrogen-bond acceptors (Lipinski definition) is 6. The van der Waals surface area contributed by atoms with Crippen LogP contribution in [0.5, 0.6) is 11.5 Å². The second-order valence-electron chi connectivity index (χ2n) is 4.64. The summed E-state index contributed by atoms with van der Waals surface area (Å²) >= 11 is 4.74. The summed E-state index contributed by atoms with van der Waals surface area (Å²) in [4.78, 5) is 14.5. The maximum atomic E-state index is 10.9. The Morgan fingerprint density at radius 3 is 2.62 bits per heavy atom. The van der Waals surface area contributed by atoms with Crippen molar-refractivity contribution in [1.82, 2.24) is 0 Å². The number of nitrogens with one attached hydrogen (secondary N) is 1. The average Bonchev–Trinajstić information content (AvgIpc) is 2.54. The van der Waals surface area contributed by atoms with Crippen LogP contribution in [0.3, 0.4) is 0 Å². The van der Waals surface area contributed by atoms with E-state index in [9.17, 15) is 15.2 Å². The van der Waals surface area contributed by atoms with Crippen molar-refractivity contribution in [1.29, 1.82) is 0 Å². The molecule has 0 aliphatic carbocycles. The number of thiocarbonyl (C=S) groups is 1. The fraction of sp³-hybridized carbons (Fsp3) is 0.0667. The van der Waals surface area contributed by atoms with Crippen LogP contribution in [0.1, 0.15) is 5.56 Å². The Balaban J connectivity index is 2.29. The van der Waals surface area contributed by atoms with Crippen LogP contribution in [0.4, 0.5) is 17.1 Å². The summed E-state index contributed by atoms with van der Waals surface area (Å²) in [6.45, 7) is 0. The maximum absolute atomic E-state index is 10.9. The van der Waals surface area contributed by atoms with Crippen molar-refractivity contribution in [2.75, 3.05) is 12.4 Å². The summed E-state index contributed by atoms with van der Waals surface area (Å²) in [7, 11) is 1.31. The molecule has 0 bridgehead atoms. The van der Waals surface area contributed by atoms with Gasteiger partial charge in [-0.2, -0.15) is 0 Å². The first-order valence-corrected chi connectivity index (χ1v) is 7.07. The van der Waals surface area contributed by atoms with Crippen molar-refractivity contribution in [3.63, 3.8) is 0 Å². The van der Waals surface area contributed by atoms with Crippen LogP contribution in [0.25, 0.3) is 0 Å². The molecule has 24 heavy (non-hydrogen) atoms. The van der Waals surface area contributed by atoms with Gasteiger partial charge < -0.3 is 20.9 Å². The van der Waals surface area contributed by atoms with Gasteiger partial charge in [0, 0.05) is 23.5 Å². The van der Waals surface area contributed by atoms with Crippen LogP contribution in [0, 0.1) is 10.1 Å². The van der Waals surface area contributed by atoms with Crippen molar-refractivity contribution in [3.8, 4) is 11.5 Å². The summed E-state index contributed by atoms with van der Waals surface area (Å²) in [6, 6.07) is 9.19. The van der Waals surface area contributed by atoms with Gasteiger partial charge in [-0.3, -0.25) is 15.1 Å². The molecule has 0 amide bonds. The molecule has 0 unspecified atom stereocenters. The first-order valence-electron chi connectivity index (χ1n) is 6.66. The normalized spacial score (nSPS) is 10.5. The number of methoxy groups -OCH3 is 1. The Hall–Kier alpha value is -3.20. The topological polar surface area (TPSA) is 123 Å². The number of phenolic OH excluding ortho intramolecular Hbond substituents is 1. The van der Waals surface area contributed by atoms with E-state index in [1.807, 2.05) is 0 Å². The number of ether oxygens (including phenoxy) is 1. The summed E-state index contributed by atoms with van der Waals surface area (Å²) in [5.74, 6) is -0.222. The number of phenols is 1. The highest BCUT2D eigenvalue weighted by atomic mass is 32.1. The van der Waals surface area contributed by atoms with E-state index in [1.165, 1.54) is 19.4 Å². The predicted molar refractivity (Wildman–Crippen MR) is 95.4 cm³/mol. The molecule has 2 rings (SSSR count). The third kappa shape index (κ3) is 4.17. The minimum absolute atomic E-state index is 0.00153. The molecule has 0 spiro atoms. The van der Waals surface area contributed by atoms with Crippen LogP contribution in [-0.4, -0.2) is 28.5 Å². The third-order valence-corrected chi connectivity index (χ3v) is 3.11. The molecule has 0 aliphatic rings. The molecular weight excluding hydrogens is 332 g/mol. The molecule has 0 heterocycles. The molecule has 2 aromatic rings. The SMILES string of the molecule is COc1cc([N+](=O)[O-])cc(C=Nc2ccc(NC(N)=S)cc2)c1O. The van der Waals surface area contributed by atoms with E-state index in [0.29, 0.717) is 11.4 Å². The number of nitrogens with zero attached hydrogens (tertiary/aromatic N) is 2. The second-order valence-corrected chi connectivity index (χ2v) is 5.08. The summed E-state index contributed by atoms with van der Waals surface area (Å²) < 4.78 is 4.93. The Morgan fingerprint density at radius 1 is 1.42 bits per heavy atom. The van der Waals surface area contributed by atoms with Crippen LogP contribution in [-0.2, 0) is 0 Å². The van der Waals surface area contributed by atoms with Crippen LogP contribution < -0.4 is 15.8 Å². The van der Waals surface area contributed by atoms with E-state index in [4.69, 9.17) is 22.7 Å². The molecule has 0 atom stereocenters. The van der Waals surface area contributed by atoms with Crippen molar-refractivity contribution >= 4 is 40.6 Å². The molecule has 0 aromatic heterocycles. The quantitative estimate of drug-likeness (QED) is 0.329. The van der Waals surface area contributed by atoms with Crippen molar-refractivity contribution < 1.29 is 14.8 Å². The standard InChI is InChI=1S/C15H14N4O4S/c1-23-13-7-12(19(21)22)6-9(14(13)20)8-17-10-2-4-11(5-3-10)18-15(16)24/h2-8,20H,1H3,(H3,16,18,24). The number of rotatable bonds is 5. The van der Waals surface area contributed by atoms with Gasteiger partial charge in [-0.15, -0.1) is 0 Å². The predicted octanol–water partition coefficient (Wildman–Crippen LogP) is 2.72. The fourth-order valence-electron chi connectivity index (χ4n) is 1.89. The number of benzene rings is 2. The Kier molecular flexibility index (Phi) is 5.27. The number of aromatic hydroxyl groups is 1. The minimum atomic E-state index is -0.574. The molecule has 0 radical (unpaired) electrons. The van der Waals surface area contributed by atoms with Gasteiger partial charge in [-0.05, 0) is 36.5 Å². The van der Waals surface area contributed by atoms with Crippen LogP contribution in [0.2, 0.25) is 0 Å². The van der Waals surface area contributed by atoms with Gasteiger partial charge in [-0.1, -0.05) is 0 Å². The van der Waals surface area contributed by atoms with Crippen LogP contribution in [0.15, 0.2) is 41.4 Å². The summed E-state index contributed by atoms with van der Waals surface area (Å²) in [5, 5.41) is 23.9. The van der Waals surface area contributed by atoms with Gasteiger partial charge in [0.15, 0.2) is 16.6 Å². The molecule has 9 heteroatoms. The zero-order chi connectivity index (χ0) is 17.7. The van der Waals surface area contributed by atoms with E-state index in [2.05, 4.69) is 10.3 Å². The highest BCUT2D eigenvalue weighted by molar-refractivity contribution is 7.80. The molecular formula is C15H14N4O4S. The van der Waals surface area contributed by atoms with Crippen molar-refractivity contribution in [2.45, 2.75) is 0 Å². The first-order chi connectivity index (χ1) is 11.4. The number of hydrogen-bond donors (Lipinski definition) is 3. The molecule has 124 valence electrons. The van der Waals surface area contributed by atoms with Crippen molar-refractivity contribution in [2.24, 2.45) is 10.7 Å². The molecule has 0 saturated carbocycles. The molecule has 4 N–H and O–H groups in total. The van der Waals surface area contributed by atoms with Gasteiger partial charge in [0.25, 0.3) is 5.69 Å². The number of nitro groups is 1. The number of non-ortho nitro benzene ring substituents is 1. The van der Waals surface area contributed by atoms with Gasteiger partial charge in [-0.25, -0.2) is 0 Å². The summed E-state index contributed by atoms with van der Waals surface area (Å²) in [6.07, 6.45) is 1.32. The number of nitrogens with two attached hydrogens (primary N) is 1. The maximum Gasteiger partial charge on any atom is 0.274 e. The zero-order valence-electron chi connectivity index (χ0n) is 12.6. The average molecular weight is 346 g/mol. The van der Waals surface area contributed by atoms with Crippen LogP contribution >= 0.6 is 12.2 Å². The molecule has 0 saturated heterocycles.